The Labute approximate surface area is 315 Å². The summed E-state index contributed by atoms with van der Waals surface area (Å²) in [5.41, 5.74) is 0. The van der Waals surface area contributed by atoms with Crippen LogP contribution in [0.5, 0.6) is 0 Å². The van der Waals surface area contributed by atoms with E-state index in [0.717, 1.165) is 0 Å². The van der Waals surface area contributed by atoms with Crippen LogP contribution < -0.4 is 0 Å². The van der Waals surface area contributed by atoms with Gasteiger partial charge in [0.2, 0.25) is 0 Å². The molecule has 0 N–H and O–H groups in total. The summed E-state index contributed by atoms with van der Waals surface area (Å²) in [6, 6.07) is 0. The molecule has 0 saturated heterocycles. The minimum Gasteiger partial charge on any atom is 0 e. The molecule has 8 heteroatoms. The topological polar surface area (TPSA) is 0 Å². The summed E-state index contributed by atoms with van der Waals surface area (Å²) in [4.78, 5) is 0. The smallest absolute Gasteiger partial charge is 0 e. The van der Waals surface area contributed by atoms with E-state index >= 15 is 0 Å². The third kappa shape index (κ3) is 36.0. The summed E-state index contributed by atoms with van der Waals surface area (Å²) in [5, 5.41) is 0. The molecule has 0 atom stereocenters. The molecule has 0 saturated carbocycles. The summed E-state index contributed by atoms with van der Waals surface area (Å²) in [7, 11) is 0. The van der Waals surface area contributed by atoms with E-state index in [1.165, 1.54) is 0 Å². The van der Waals surface area contributed by atoms with E-state index in [-0.39, 0.29) is 328 Å². The van der Waals surface area contributed by atoms with Gasteiger partial charge in [0.1, 0.15) is 0 Å². The van der Waals surface area contributed by atoms with Gasteiger partial charge in [-0.1, -0.05) is 0 Å². The molecule has 0 rings (SSSR count). The fourth-order valence-electron chi connectivity index (χ4n) is 0. The average molecular weight is 817 g/mol. The van der Waals surface area contributed by atoms with E-state index < -0.39 is 0 Å². The van der Waals surface area contributed by atoms with Crippen molar-refractivity contribution in [1.29, 1.82) is 0 Å². The van der Waals surface area contributed by atoms with Crippen LogP contribution in [0.2, 0.25) is 0 Å². The van der Waals surface area contributed by atoms with Crippen molar-refractivity contribution in [2.24, 2.45) is 0 Å². The molecule has 0 aromatic heterocycles. The minimum absolute atomic E-state index is 0. The summed E-state index contributed by atoms with van der Waals surface area (Å²) in [6.07, 6.45) is 0. The molecule has 0 amide bonds. The van der Waals surface area contributed by atoms with Gasteiger partial charge < -0.3 is 0 Å². The van der Waals surface area contributed by atoms with E-state index in [1.807, 2.05) is 0 Å². The third-order valence-corrected chi connectivity index (χ3v) is 0. The Morgan fingerprint density at radius 2 is 0.250 bits per heavy atom. The number of hydrogen-bond acceptors (Lipinski definition) is 0. The van der Waals surface area contributed by atoms with Gasteiger partial charge in [0.05, 0.1) is 0 Å². The normalized spacial score (nSPS) is 0. The van der Waals surface area contributed by atoms with Crippen LogP contribution in [0.4, 0.5) is 0 Å². The van der Waals surface area contributed by atoms with Crippen molar-refractivity contribution in [3.05, 3.63) is 0 Å². The van der Waals surface area contributed by atoms with Crippen LogP contribution in [0.1, 0.15) is 0 Å². The summed E-state index contributed by atoms with van der Waals surface area (Å²) in [6.45, 7) is 0. The zero-order chi connectivity index (χ0) is 0. The molecule has 0 aliphatic carbocycles. The summed E-state index contributed by atoms with van der Waals surface area (Å²) >= 11 is 0. The predicted octanol–water partition coefficient (Wildman–Crippen LogP) is -3.05. The summed E-state index contributed by atoms with van der Waals surface area (Å²) in [5.74, 6) is 0. The maximum absolute atomic E-state index is 0. The molecule has 0 aliphatic rings. The largest absolute Gasteiger partial charge is 0 e. The molecule has 20 valence electrons. The van der Waals surface area contributed by atoms with Gasteiger partial charge in [-0.05, 0) is 0 Å². The molecule has 0 aromatic rings. The van der Waals surface area contributed by atoms with Crippen molar-refractivity contribution in [3.63, 3.8) is 0 Å². The first-order valence-corrected chi connectivity index (χ1v) is 0. The molecule has 0 bridgehead atoms. The van der Waals surface area contributed by atoms with Gasteiger partial charge in [-0.25, -0.2) is 0 Å². The van der Waals surface area contributed by atoms with Gasteiger partial charge in [-0.15, -0.1) is 0 Å². The molecule has 0 unspecified atom stereocenters. The number of rotatable bonds is 0. The molecule has 0 nitrogen and oxygen atoms in total. The van der Waals surface area contributed by atoms with Gasteiger partial charge in [0, 0.05) is 328 Å². The van der Waals surface area contributed by atoms with Gasteiger partial charge in [-0.3, -0.25) is 0 Å². The van der Waals surface area contributed by atoms with Gasteiger partial charge in [0.25, 0.3) is 0 Å². The first kappa shape index (κ1) is 51.5. The molecular formula is Rb4Sn4. The molecular weight excluding hydrogens is 817 g/mol. The maximum Gasteiger partial charge on any atom is 0 e. The Kier molecular flexibility index (Phi) is 278. The van der Waals surface area contributed by atoms with Crippen LogP contribution in [0.15, 0.2) is 0 Å². The molecule has 0 heterocycles. The van der Waals surface area contributed by atoms with E-state index in [2.05, 4.69) is 0 Å². The predicted molar refractivity (Wildman–Crippen MR) is 46.0 cm³/mol. The standard InChI is InChI=1S/4Rb.4Sn. The molecule has 0 aromatic carbocycles. The fraction of sp³-hybridized carbons (Fsp3) is 0. The van der Waals surface area contributed by atoms with Crippen molar-refractivity contribution >= 4 is 328 Å². The quantitative estimate of drug-likeness (QED) is 0.229. The van der Waals surface area contributed by atoms with Crippen molar-refractivity contribution in [2.75, 3.05) is 0 Å². The van der Waals surface area contributed by atoms with Crippen LogP contribution in [-0.2, 0) is 0 Å². The van der Waals surface area contributed by atoms with Crippen molar-refractivity contribution in [2.45, 2.75) is 0 Å². The monoisotopic (exact) mass is 819 g/mol. The molecule has 0 aliphatic heterocycles. The first-order valence-electron chi connectivity index (χ1n) is 0. The average Bonchev–Trinajstić information content (AvgIpc) is 0. The summed E-state index contributed by atoms with van der Waals surface area (Å²) < 4.78 is 0. The van der Waals surface area contributed by atoms with E-state index in [9.17, 15) is 0 Å². The van der Waals surface area contributed by atoms with Gasteiger partial charge in [-0.2, -0.15) is 0 Å². The van der Waals surface area contributed by atoms with Crippen LogP contribution in [-0.4, -0.2) is 328 Å². The SMILES string of the molecule is [Rb].[Rb].[Rb].[Rb].[Sn].[Sn].[Sn].[Sn]. The Balaban J connectivity index is 0. The second kappa shape index (κ2) is 43.3. The van der Waals surface area contributed by atoms with Gasteiger partial charge in [0.15, 0.2) is 0 Å². The van der Waals surface area contributed by atoms with E-state index in [1.54, 1.807) is 0 Å². The molecule has 0 spiro atoms. The Morgan fingerprint density at radius 1 is 0.250 bits per heavy atom. The first-order chi connectivity index (χ1) is 0. The second-order valence-electron chi connectivity index (χ2n) is 0. The molecule has 0 fully saturated rings. The Hall–Kier alpha value is 10.4. The zero-order valence-corrected chi connectivity index (χ0v) is 37.1. The third-order valence-electron chi connectivity index (χ3n) is 0. The molecule has 8 heavy (non-hydrogen) atoms. The van der Waals surface area contributed by atoms with Crippen molar-refractivity contribution in [3.8, 4) is 0 Å². The minimum atomic E-state index is 0. The van der Waals surface area contributed by atoms with Crippen LogP contribution in [0.25, 0.3) is 0 Å². The van der Waals surface area contributed by atoms with Crippen molar-refractivity contribution < 1.29 is 0 Å². The Morgan fingerprint density at radius 3 is 0.250 bits per heavy atom. The second-order valence-corrected chi connectivity index (χ2v) is 0. The Bertz CT molecular complexity index is 8.00. The van der Waals surface area contributed by atoms with Crippen LogP contribution in [0.3, 0.4) is 0 Å². The van der Waals surface area contributed by atoms with Gasteiger partial charge >= 0.3 is 0 Å². The zero-order valence-electron chi connectivity index (χ0n) is 6.00. The fourth-order valence-corrected chi connectivity index (χ4v) is 0. The van der Waals surface area contributed by atoms with E-state index in [4.69, 9.17) is 0 Å². The van der Waals surface area contributed by atoms with Crippen molar-refractivity contribution in [1.82, 2.24) is 0 Å². The van der Waals surface area contributed by atoms with E-state index in [0.29, 0.717) is 0 Å². The number of hydrogen-bond donors (Lipinski definition) is 0. The molecule has 20 radical (unpaired) electrons. The maximum atomic E-state index is 0. The van der Waals surface area contributed by atoms with Crippen LogP contribution in [0, 0.1) is 0 Å². The van der Waals surface area contributed by atoms with Crippen LogP contribution >= 0.6 is 0 Å².